The molecule has 0 N–H and O–H groups in total. The molecule has 5 rings (SSSR count). The molecular weight excluding hydrogens is 372 g/mol. The topological polar surface area (TPSA) is 52.3 Å². The van der Waals surface area contributed by atoms with Crippen LogP contribution in [0.1, 0.15) is 0 Å². The Kier molecular flexibility index (Phi) is 3.95. The molecule has 0 saturated heterocycles. The van der Waals surface area contributed by atoms with E-state index in [0.29, 0.717) is 5.02 Å². The van der Waals surface area contributed by atoms with Gasteiger partial charge in [0.05, 0.1) is 7.11 Å². The van der Waals surface area contributed by atoms with E-state index in [-0.39, 0.29) is 0 Å². The molecule has 3 aromatic heterocycles. The van der Waals surface area contributed by atoms with Gasteiger partial charge in [-0.15, -0.1) is 10.2 Å². The average Bonchev–Trinajstić information content (AvgIpc) is 3.19. The zero-order chi connectivity index (χ0) is 19.1. The van der Waals surface area contributed by atoms with E-state index in [9.17, 15) is 0 Å². The van der Waals surface area contributed by atoms with Crippen LogP contribution in [-0.4, -0.2) is 26.7 Å². The minimum atomic E-state index is 0.697. The Bertz CT molecular complexity index is 1290. The minimum Gasteiger partial charge on any atom is -0.497 e. The lowest BCUT2D eigenvalue weighted by atomic mass is 10.1. The third-order valence-electron chi connectivity index (χ3n) is 4.74. The van der Waals surface area contributed by atoms with Crippen molar-refractivity contribution in [1.29, 1.82) is 0 Å². The van der Waals surface area contributed by atoms with E-state index in [1.54, 1.807) is 13.3 Å². The van der Waals surface area contributed by atoms with Crippen molar-refractivity contribution < 1.29 is 4.74 Å². The summed E-state index contributed by atoms with van der Waals surface area (Å²) in [5.41, 5.74) is 4.50. The Labute approximate surface area is 166 Å². The molecule has 0 aliphatic heterocycles. The fourth-order valence-corrected chi connectivity index (χ4v) is 3.48. The van der Waals surface area contributed by atoms with E-state index in [1.165, 1.54) is 0 Å². The Balaban J connectivity index is 1.83. The zero-order valence-corrected chi connectivity index (χ0v) is 15.8. The highest BCUT2D eigenvalue weighted by molar-refractivity contribution is 6.30. The van der Waals surface area contributed by atoms with Gasteiger partial charge in [0.2, 0.25) is 0 Å². The number of hydrogen-bond acceptors (Lipinski definition) is 4. The highest BCUT2D eigenvalue weighted by Crippen LogP contribution is 2.32. The Morgan fingerprint density at radius 1 is 0.857 bits per heavy atom. The van der Waals surface area contributed by atoms with Crippen LogP contribution in [0.4, 0.5) is 0 Å². The number of methoxy groups -OCH3 is 1. The van der Waals surface area contributed by atoms with E-state index >= 15 is 0 Å². The van der Waals surface area contributed by atoms with Gasteiger partial charge in [-0.25, -0.2) is 4.98 Å². The van der Waals surface area contributed by atoms with Crippen molar-refractivity contribution in [2.24, 2.45) is 0 Å². The number of pyridine rings is 2. The van der Waals surface area contributed by atoms with Gasteiger partial charge >= 0.3 is 0 Å². The summed E-state index contributed by atoms with van der Waals surface area (Å²) in [5, 5.41) is 10.7. The standard InChI is InChI=1S/C22H15ClN4O/c1-28-18-10-6-15(7-11-18)21-25-26-22-19(14-4-8-17(23)9-5-14)13-16-3-2-12-24-20(16)27(21)22/h2-13H,1H3. The van der Waals surface area contributed by atoms with Crippen LogP contribution in [0.3, 0.4) is 0 Å². The summed E-state index contributed by atoms with van der Waals surface area (Å²) in [7, 11) is 1.65. The van der Waals surface area contributed by atoms with Crippen LogP contribution >= 0.6 is 11.6 Å². The molecule has 0 saturated carbocycles. The van der Waals surface area contributed by atoms with Gasteiger partial charge in [0.15, 0.2) is 11.5 Å². The van der Waals surface area contributed by atoms with Crippen LogP contribution in [-0.2, 0) is 0 Å². The maximum Gasteiger partial charge on any atom is 0.170 e. The van der Waals surface area contributed by atoms with Gasteiger partial charge in [-0.05, 0) is 60.2 Å². The fraction of sp³-hybridized carbons (Fsp3) is 0.0455. The van der Waals surface area contributed by atoms with Crippen molar-refractivity contribution in [3.63, 3.8) is 0 Å². The molecule has 0 bridgehead atoms. The first-order chi connectivity index (χ1) is 13.7. The summed E-state index contributed by atoms with van der Waals surface area (Å²) in [6.07, 6.45) is 1.78. The number of hydrogen-bond donors (Lipinski definition) is 0. The SMILES string of the molecule is COc1ccc(-c2nnc3c(-c4ccc(Cl)cc4)cc4cccnc4n23)cc1. The molecule has 0 aliphatic carbocycles. The highest BCUT2D eigenvalue weighted by atomic mass is 35.5. The van der Waals surface area contributed by atoms with Crippen molar-refractivity contribution in [2.75, 3.05) is 7.11 Å². The predicted octanol–water partition coefficient (Wildman–Crippen LogP) is 5.27. The molecule has 5 aromatic rings. The summed E-state index contributed by atoms with van der Waals surface area (Å²) in [5.74, 6) is 1.53. The van der Waals surface area contributed by atoms with E-state index in [4.69, 9.17) is 16.3 Å². The molecule has 0 atom stereocenters. The first-order valence-corrected chi connectivity index (χ1v) is 9.15. The Morgan fingerprint density at radius 2 is 1.61 bits per heavy atom. The minimum absolute atomic E-state index is 0.697. The van der Waals surface area contributed by atoms with Crippen molar-refractivity contribution in [2.45, 2.75) is 0 Å². The number of ether oxygens (including phenoxy) is 1. The van der Waals surface area contributed by atoms with Gasteiger partial charge in [0.1, 0.15) is 11.4 Å². The van der Waals surface area contributed by atoms with Gasteiger partial charge in [0.25, 0.3) is 0 Å². The largest absolute Gasteiger partial charge is 0.497 e. The maximum atomic E-state index is 6.07. The predicted molar refractivity (Wildman–Crippen MR) is 111 cm³/mol. The normalized spacial score (nSPS) is 11.2. The first kappa shape index (κ1) is 16.7. The highest BCUT2D eigenvalue weighted by Gasteiger charge is 2.16. The number of benzene rings is 2. The summed E-state index contributed by atoms with van der Waals surface area (Å²) < 4.78 is 7.27. The number of rotatable bonds is 3. The lowest BCUT2D eigenvalue weighted by Gasteiger charge is -2.09. The van der Waals surface area contributed by atoms with Gasteiger partial charge < -0.3 is 4.74 Å². The van der Waals surface area contributed by atoms with Crippen LogP contribution in [0.25, 0.3) is 39.2 Å². The van der Waals surface area contributed by atoms with Crippen molar-refractivity contribution in [3.05, 3.63) is 77.9 Å². The molecule has 0 spiro atoms. The van der Waals surface area contributed by atoms with Crippen LogP contribution in [0, 0.1) is 0 Å². The molecule has 0 fully saturated rings. The van der Waals surface area contributed by atoms with Gasteiger partial charge in [-0.2, -0.15) is 0 Å². The molecule has 0 amide bonds. The van der Waals surface area contributed by atoms with Gasteiger partial charge in [-0.3, -0.25) is 4.40 Å². The third kappa shape index (κ3) is 2.68. The molecule has 0 radical (unpaired) electrons. The monoisotopic (exact) mass is 386 g/mol. The summed E-state index contributed by atoms with van der Waals surface area (Å²) in [6.45, 7) is 0. The van der Waals surface area contributed by atoms with Gasteiger partial charge in [0, 0.05) is 27.7 Å². The summed E-state index contributed by atoms with van der Waals surface area (Å²) in [4.78, 5) is 4.59. The van der Waals surface area contributed by atoms with E-state index in [1.807, 2.05) is 65.1 Å². The fourth-order valence-electron chi connectivity index (χ4n) is 3.36. The molecule has 3 heterocycles. The van der Waals surface area contributed by atoms with Crippen molar-refractivity contribution in [1.82, 2.24) is 19.6 Å². The van der Waals surface area contributed by atoms with Crippen LogP contribution in [0.5, 0.6) is 5.75 Å². The molecular formula is C22H15ClN4O. The number of aromatic nitrogens is 4. The lowest BCUT2D eigenvalue weighted by molar-refractivity contribution is 0.415. The second-order valence-corrected chi connectivity index (χ2v) is 6.83. The Morgan fingerprint density at radius 3 is 2.36 bits per heavy atom. The smallest absolute Gasteiger partial charge is 0.170 e. The molecule has 0 aliphatic rings. The van der Waals surface area contributed by atoms with E-state index < -0.39 is 0 Å². The van der Waals surface area contributed by atoms with Crippen molar-refractivity contribution >= 4 is 28.3 Å². The number of fused-ring (bicyclic) bond motifs is 3. The maximum absolute atomic E-state index is 6.07. The molecule has 28 heavy (non-hydrogen) atoms. The van der Waals surface area contributed by atoms with Crippen molar-refractivity contribution in [3.8, 4) is 28.3 Å². The molecule has 2 aromatic carbocycles. The van der Waals surface area contributed by atoms with Gasteiger partial charge in [-0.1, -0.05) is 23.7 Å². The zero-order valence-electron chi connectivity index (χ0n) is 15.0. The molecule has 0 unspecified atom stereocenters. The first-order valence-electron chi connectivity index (χ1n) is 8.78. The van der Waals surface area contributed by atoms with E-state index in [0.717, 1.165) is 44.9 Å². The second kappa shape index (κ2) is 6.62. The second-order valence-electron chi connectivity index (χ2n) is 6.39. The van der Waals surface area contributed by atoms with E-state index in [2.05, 4.69) is 21.2 Å². The van der Waals surface area contributed by atoms with Crippen LogP contribution < -0.4 is 4.74 Å². The van der Waals surface area contributed by atoms with Crippen LogP contribution in [0.15, 0.2) is 72.9 Å². The Hall–Kier alpha value is -3.44. The quantitative estimate of drug-likeness (QED) is 0.423. The summed E-state index contributed by atoms with van der Waals surface area (Å²) >= 11 is 6.07. The molecule has 6 heteroatoms. The third-order valence-corrected chi connectivity index (χ3v) is 4.99. The molecule has 5 nitrogen and oxygen atoms in total. The lowest BCUT2D eigenvalue weighted by Crippen LogP contribution is -1.97. The summed E-state index contributed by atoms with van der Waals surface area (Å²) in [6, 6.07) is 21.6. The number of nitrogens with zero attached hydrogens (tertiary/aromatic N) is 4. The average molecular weight is 387 g/mol. The molecule has 136 valence electrons. The van der Waals surface area contributed by atoms with Crippen LogP contribution in [0.2, 0.25) is 5.02 Å². The number of halogens is 1.